The second-order valence-electron chi connectivity index (χ2n) is 6.44. The summed E-state index contributed by atoms with van der Waals surface area (Å²) in [6.45, 7) is 2.04. The SMILES string of the molecule is CCC(=O)Nc1cc(C(=O)NCc2ccc(OC)c(OC)c2)nn1-c1ccccc1. The molecule has 0 atom stereocenters. The summed E-state index contributed by atoms with van der Waals surface area (Å²) >= 11 is 0. The number of carbonyl (C=O) groups is 2. The van der Waals surface area contributed by atoms with Gasteiger partial charge in [0.1, 0.15) is 5.82 Å². The van der Waals surface area contributed by atoms with Crippen molar-refractivity contribution >= 4 is 17.6 Å². The van der Waals surface area contributed by atoms with E-state index in [4.69, 9.17) is 9.47 Å². The Kier molecular flexibility index (Phi) is 6.69. The number of hydrogen-bond acceptors (Lipinski definition) is 5. The lowest BCUT2D eigenvalue weighted by atomic mass is 10.2. The molecule has 0 spiro atoms. The molecule has 1 aromatic heterocycles. The predicted molar refractivity (Wildman–Crippen MR) is 113 cm³/mol. The van der Waals surface area contributed by atoms with Gasteiger partial charge in [-0.1, -0.05) is 31.2 Å². The van der Waals surface area contributed by atoms with Crippen LogP contribution in [-0.2, 0) is 11.3 Å². The molecule has 2 amide bonds. The number of hydrogen-bond donors (Lipinski definition) is 2. The quantitative estimate of drug-likeness (QED) is 0.597. The summed E-state index contributed by atoms with van der Waals surface area (Å²) < 4.78 is 12.1. The number of rotatable bonds is 8. The highest BCUT2D eigenvalue weighted by Gasteiger charge is 2.17. The van der Waals surface area contributed by atoms with Gasteiger partial charge in [0.2, 0.25) is 5.91 Å². The largest absolute Gasteiger partial charge is 0.493 e. The molecule has 2 aromatic carbocycles. The monoisotopic (exact) mass is 408 g/mol. The highest BCUT2D eigenvalue weighted by atomic mass is 16.5. The van der Waals surface area contributed by atoms with E-state index in [0.29, 0.717) is 23.7 Å². The third-order valence-corrected chi connectivity index (χ3v) is 4.43. The highest BCUT2D eigenvalue weighted by molar-refractivity contribution is 5.95. The van der Waals surface area contributed by atoms with Crippen molar-refractivity contribution < 1.29 is 19.1 Å². The standard InChI is InChI=1S/C22H24N4O4/c1-4-21(27)24-20-13-17(25-26(20)16-8-6-5-7-9-16)22(28)23-14-15-10-11-18(29-2)19(12-15)30-3/h5-13H,4,14H2,1-3H3,(H,23,28)(H,24,27). The third kappa shape index (κ3) is 4.78. The van der Waals surface area contributed by atoms with E-state index in [1.165, 1.54) is 0 Å². The third-order valence-electron chi connectivity index (χ3n) is 4.43. The lowest BCUT2D eigenvalue weighted by Crippen LogP contribution is -2.23. The van der Waals surface area contributed by atoms with E-state index in [1.807, 2.05) is 36.4 Å². The van der Waals surface area contributed by atoms with Gasteiger partial charge in [0, 0.05) is 19.0 Å². The molecular weight excluding hydrogens is 384 g/mol. The number of benzene rings is 2. The Hall–Kier alpha value is -3.81. The molecule has 0 saturated heterocycles. The average molecular weight is 408 g/mol. The Morgan fingerprint density at radius 1 is 1.00 bits per heavy atom. The maximum atomic E-state index is 12.7. The van der Waals surface area contributed by atoms with Crippen molar-refractivity contribution in [3.05, 3.63) is 65.9 Å². The fourth-order valence-corrected chi connectivity index (χ4v) is 2.84. The molecule has 0 aliphatic rings. The van der Waals surface area contributed by atoms with E-state index in [9.17, 15) is 9.59 Å². The van der Waals surface area contributed by atoms with Crippen molar-refractivity contribution in [3.8, 4) is 17.2 Å². The van der Waals surface area contributed by atoms with Gasteiger partial charge in [-0.15, -0.1) is 0 Å². The second-order valence-corrected chi connectivity index (χ2v) is 6.44. The molecule has 156 valence electrons. The van der Waals surface area contributed by atoms with Crippen molar-refractivity contribution in [3.63, 3.8) is 0 Å². The van der Waals surface area contributed by atoms with Gasteiger partial charge in [-0.2, -0.15) is 5.10 Å². The average Bonchev–Trinajstić information content (AvgIpc) is 3.21. The van der Waals surface area contributed by atoms with Crippen LogP contribution in [0.5, 0.6) is 11.5 Å². The minimum Gasteiger partial charge on any atom is -0.493 e. The van der Waals surface area contributed by atoms with Gasteiger partial charge >= 0.3 is 0 Å². The van der Waals surface area contributed by atoms with Crippen LogP contribution in [0.2, 0.25) is 0 Å². The van der Waals surface area contributed by atoms with Gasteiger partial charge in [-0.3, -0.25) is 9.59 Å². The van der Waals surface area contributed by atoms with Crippen LogP contribution in [0.4, 0.5) is 5.82 Å². The summed E-state index contributed by atoms with van der Waals surface area (Å²) in [6, 6.07) is 16.3. The molecule has 2 N–H and O–H groups in total. The Morgan fingerprint density at radius 2 is 1.73 bits per heavy atom. The second kappa shape index (κ2) is 9.60. The molecule has 0 radical (unpaired) electrons. The number of nitrogens with zero attached hydrogens (tertiary/aromatic N) is 2. The van der Waals surface area contributed by atoms with E-state index in [2.05, 4.69) is 15.7 Å². The van der Waals surface area contributed by atoms with Gasteiger partial charge in [0.25, 0.3) is 5.91 Å². The molecule has 0 fully saturated rings. The first-order valence-electron chi connectivity index (χ1n) is 9.50. The van der Waals surface area contributed by atoms with Crippen molar-refractivity contribution in [1.82, 2.24) is 15.1 Å². The minimum atomic E-state index is -0.355. The van der Waals surface area contributed by atoms with Crippen LogP contribution < -0.4 is 20.1 Å². The van der Waals surface area contributed by atoms with Gasteiger partial charge in [-0.25, -0.2) is 4.68 Å². The molecule has 3 aromatic rings. The fraction of sp³-hybridized carbons (Fsp3) is 0.227. The minimum absolute atomic E-state index is 0.163. The van der Waals surface area contributed by atoms with Gasteiger partial charge in [-0.05, 0) is 29.8 Å². The first kappa shape index (κ1) is 20.9. The lowest BCUT2D eigenvalue weighted by molar-refractivity contribution is -0.115. The summed E-state index contributed by atoms with van der Waals surface area (Å²) in [6.07, 6.45) is 0.320. The lowest BCUT2D eigenvalue weighted by Gasteiger charge is -2.10. The molecule has 8 heteroatoms. The molecule has 0 aliphatic carbocycles. The van der Waals surface area contributed by atoms with Crippen LogP contribution in [0.3, 0.4) is 0 Å². The summed E-state index contributed by atoms with van der Waals surface area (Å²) in [5, 5.41) is 10.0. The number of carbonyl (C=O) groups excluding carboxylic acids is 2. The first-order valence-corrected chi connectivity index (χ1v) is 9.50. The van der Waals surface area contributed by atoms with Crippen LogP contribution in [0.25, 0.3) is 5.69 Å². The molecule has 0 unspecified atom stereocenters. The van der Waals surface area contributed by atoms with Crippen LogP contribution >= 0.6 is 0 Å². The van der Waals surface area contributed by atoms with Crippen molar-refractivity contribution in [2.45, 2.75) is 19.9 Å². The molecular formula is C22H24N4O4. The summed E-state index contributed by atoms with van der Waals surface area (Å²) in [5.41, 5.74) is 1.79. The van der Waals surface area contributed by atoms with E-state index in [1.54, 1.807) is 44.0 Å². The normalized spacial score (nSPS) is 10.4. The van der Waals surface area contributed by atoms with E-state index in [-0.39, 0.29) is 24.1 Å². The predicted octanol–water partition coefficient (Wildman–Crippen LogP) is 3.17. The van der Waals surface area contributed by atoms with E-state index >= 15 is 0 Å². The van der Waals surface area contributed by atoms with Crippen LogP contribution in [0.15, 0.2) is 54.6 Å². The Balaban J connectivity index is 1.79. The Morgan fingerprint density at radius 3 is 2.40 bits per heavy atom. The number of anilines is 1. The van der Waals surface area contributed by atoms with Crippen LogP contribution in [-0.4, -0.2) is 35.8 Å². The summed E-state index contributed by atoms with van der Waals surface area (Å²) in [5.74, 6) is 1.12. The van der Waals surface area contributed by atoms with Crippen molar-refractivity contribution in [1.29, 1.82) is 0 Å². The maximum Gasteiger partial charge on any atom is 0.272 e. The van der Waals surface area contributed by atoms with Crippen LogP contribution in [0, 0.1) is 0 Å². The molecule has 30 heavy (non-hydrogen) atoms. The fourth-order valence-electron chi connectivity index (χ4n) is 2.84. The topological polar surface area (TPSA) is 94.5 Å². The van der Waals surface area contributed by atoms with Crippen LogP contribution in [0.1, 0.15) is 29.4 Å². The molecule has 1 heterocycles. The molecule has 0 saturated carbocycles. The molecule has 8 nitrogen and oxygen atoms in total. The number of nitrogens with one attached hydrogen (secondary N) is 2. The smallest absolute Gasteiger partial charge is 0.272 e. The number of aromatic nitrogens is 2. The van der Waals surface area contributed by atoms with Gasteiger partial charge in [0.15, 0.2) is 17.2 Å². The zero-order chi connectivity index (χ0) is 21.5. The number of methoxy groups -OCH3 is 2. The Labute approximate surface area is 174 Å². The molecule has 0 aliphatic heterocycles. The summed E-state index contributed by atoms with van der Waals surface area (Å²) in [4.78, 5) is 24.6. The van der Waals surface area contributed by atoms with Crippen molar-refractivity contribution in [2.75, 3.05) is 19.5 Å². The number of ether oxygens (including phenoxy) is 2. The Bertz CT molecular complexity index is 1030. The molecule has 3 rings (SSSR count). The highest BCUT2D eigenvalue weighted by Crippen LogP contribution is 2.27. The van der Waals surface area contributed by atoms with Gasteiger partial charge in [0.05, 0.1) is 19.9 Å². The van der Waals surface area contributed by atoms with E-state index in [0.717, 1.165) is 11.3 Å². The number of amides is 2. The van der Waals surface area contributed by atoms with E-state index < -0.39 is 0 Å². The first-order chi connectivity index (χ1) is 14.5. The number of para-hydroxylation sites is 1. The van der Waals surface area contributed by atoms with Gasteiger partial charge < -0.3 is 20.1 Å². The van der Waals surface area contributed by atoms with Crippen molar-refractivity contribution in [2.24, 2.45) is 0 Å². The maximum absolute atomic E-state index is 12.7. The zero-order valence-electron chi connectivity index (χ0n) is 17.1. The summed E-state index contributed by atoms with van der Waals surface area (Å²) in [7, 11) is 3.12. The zero-order valence-corrected chi connectivity index (χ0v) is 17.1. The molecule has 0 bridgehead atoms.